The highest BCUT2D eigenvalue weighted by Gasteiger charge is 2.32. The molecule has 0 heterocycles. The van der Waals surface area contributed by atoms with Crippen molar-refractivity contribution in [3.8, 4) is 0 Å². The first-order valence-electron chi connectivity index (χ1n) is 7.19. The van der Waals surface area contributed by atoms with Gasteiger partial charge in [-0.05, 0) is 38.0 Å². The highest BCUT2D eigenvalue weighted by atomic mass is 16.2. The van der Waals surface area contributed by atoms with Gasteiger partial charge in [-0.25, -0.2) is 4.79 Å². The number of hydrogen-bond donors (Lipinski definition) is 1. The van der Waals surface area contributed by atoms with Gasteiger partial charge in [-0.15, -0.1) is 0 Å². The molecule has 2 aliphatic carbocycles. The van der Waals surface area contributed by atoms with Crippen LogP contribution in [0.5, 0.6) is 0 Å². The van der Waals surface area contributed by atoms with E-state index in [1.54, 1.807) is 0 Å². The summed E-state index contributed by atoms with van der Waals surface area (Å²) in [5, 5.41) is 3.06. The molecule has 2 aliphatic rings. The quantitative estimate of drug-likeness (QED) is 0.784. The topological polar surface area (TPSA) is 32.3 Å². The summed E-state index contributed by atoms with van der Waals surface area (Å²) in [6, 6.07) is 0.517. The number of urea groups is 1. The Bertz CT molecular complexity index is 257. The predicted molar refractivity (Wildman–Crippen MR) is 69.9 cm³/mol. The zero-order chi connectivity index (χ0) is 12.3. The number of carbonyl (C=O) groups excluding carboxylic acids is 1. The summed E-state index contributed by atoms with van der Waals surface area (Å²) in [6.07, 6.45) is 9.25. The summed E-state index contributed by atoms with van der Waals surface area (Å²) in [4.78, 5) is 13.8. The van der Waals surface area contributed by atoms with Crippen LogP contribution in [-0.2, 0) is 0 Å². The molecule has 1 N–H and O–H groups in total. The van der Waals surface area contributed by atoms with E-state index in [0.29, 0.717) is 6.04 Å². The molecule has 3 heteroatoms. The summed E-state index contributed by atoms with van der Waals surface area (Å²) in [5.41, 5.74) is 0. The fourth-order valence-corrected chi connectivity index (χ4v) is 2.89. The lowest BCUT2D eigenvalue weighted by molar-refractivity contribution is 0.187. The van der Waals surface area contributed by atoms with E-state index in [2.05, 4.69) is 12.2 Å². The Hall–Kier alpha value is -0.730. The van der Waals surface area contributed by atoms with Crippen LogP contribution in [0.2, 0.25) is 0 Å². The lowest BCUT2D eigenvalue weighted by Crippen LogP contribution is -2.43. The first-order chi connectivity index (χ1) is 8.18. The minimum Gasteiger partial charge on any atom is -0.338 e. The Morgan fingerprint density at radius 1 is 1.29 bits per heavy atom. The van der Waals surface area contributed by atoms with Gasteiger partial charge in [0.05, 0.1) is 0 Å². The normalized spacial score (nSPS) is 22.5. The van der Waals surface area contributed by atoms with Crippen molar-refractivity contribution in [1.29, 1.82) is 0 Å². The smallest absolute Gasteiger partial charge is 0.317 e. The highest BCUT2D eigenvalue weighted by molar-refractivity contribution is 5.74. The van der Waals surface area contributed by atoms with Crippen molar-refractivity contribution in [1.82, 2.24) is 10.2 Å². The average Bonchev–Trinajstić information content (AvgIpc) is 3.05. The van der Waals surface area contributed by atoms with E-state index in [9.17, 15) is 4.79 Å². The third kappa shape index (κ3) is 3.62. The van der Waals surface area contributed by atoms with Crippen LogP contribution in [0.15, 0.2) is 0 Å². The van der Waals surface area contributed by atoms with Crippen molar-refractivity contribution in [2.45, 2.75) is 57.9 Å². The van der Waals surface area contributed by atoms with Gasteiger partial charge in [-0.2, -0.15) is 0 Å². The van der Waals surface area contributed by atoms with Gasteiger partial charge in [0.25, 0.3) is 0 Å². The van der Waals surface area contributed by atoms with Gasteiger partial charge >= 0.3 is 6.03 Å². The average molecular weight is 238 g/mol. The SMILES string of the molecule is CC(C1CC1)N(C)C(=O)NCCC1CCCC1. The Morgan fingerprint density at radius 3 is 2.53 bits per heavy atom. The van der Waals surface area contributed by atoms with Crippen molar-refractivity contribution in [2.24, 2.45) is 11.8 Å². The molecule has 0 saturated heterocycles. The van der Waals surface area contributed by atoms with Crippen LogP contribution < -0.4 is 5.32 Å². The highest BCUT2D eigenvalue weighted by Crippen LogP contribution is 2.34. The molecule has 0 aliphatic heterocycles. The third-order valence-corrected chi connectivity index (χ3v) is 4.54. The fraction of sp³-hybridized carbons (Fsp3) is 0.929. The molecule has 0 aromatic carbocycles. The predicted octanol–water partition coefficient (Wildman–Crippen LogP) is 3.01. The summed E-state index contributed by atoms with van der Waals surface area (Å²) >= 11 is 0. The molecule has 0 aromatic rings. The molecule has 1 unspecified atom stereocenters. The van der Waals surface area contributed by atoms with E-state index in [0.717, 1.165) is 24.8 Å². The molecule has 0 radical (unpaired) electrons. The van der Waals surface area contributed by atoms with E-state index in [1.165, 1.54) is 38.5 Å². The molecule has 0 spiro atoms. The van der Waals surface area contributed by atoms with E-state index >= 15 is 0 Å². The van der Waals surface area contributed by atoms with Crippen LogP contribution in [0.25, 0.3) is 0 Å². The van der Waals surface area contributed by atoms with Gasteiger partial charge in [0.2, 0.25) is 0 Å². The monoisotopic (exact) mass is 238 g/mol. The number of rotatable bonds is 5. The van der Waals surface area contributed by atoms with E-state index < -0.39 is 0 Å². The van der Waals surface area contributed by atoms with Gasteiger partial charge in [-0.3, -0.25) is 0 Å². The summed E-state index contributed by atoms with van der Waals surface area (Å²) in [6.45, 7) is 3.01. The van der Waals surface area contributed by atoms with E-state index in [-0.39, 0.29) is 6.03 Å². The second kappa shape index (κ2) is 5.74. The number of carbonyl (C=O) groups is 1. The van der Waals surface area contributed by atoms with Crippen LogP contribution >= 0.6 is 0 Å². The molecule has 0 aromatic heterocycles. The molecule has 2 amide bonds. The van der Waals surface area contributed by atoms with Crippen molar-refractivity contribution >= 4 is 6.03 Å². The van der Waals surface area contributed by atoms with Crippen molar-refractivity contribution in [3.63, 3.8) is 0 Å². The zero-order valence-corrected chi connectivity index (χ0v) is 11.2. The van der Waals surface area contributed by atoms with E-state index in [4.69, 9.17) is 0 Å². The van der Waals surface area contributed by atoms with E-state index in [1.807, 2.05) is 11.9 Å². The molecule has 1 atom stereocenters. The van der Waals surface area contributed by atoms with Crippen LogP contribution in [0.3, 0.4) is 0 Å². The van der Waals surface area contributed by atoms with Gasteiger partial charge in [0, 0.05) is 19.6 Å². The lowest BCUT2D eigenvalue weighted by Gasteiger charge is -2.25. The minimum atomic E-state index is 0.113. The number of amides is 2. The Labute approximate surface area is 105 Å². The lowest BCUT2D eigenvalue weighted by atomic mass is 10.0. The molecular weight excluding hydrogens is 212 g/mol. The van der Waals surface area contributed by atoms with Crippen molar-refractivity contribution in [3.05, 3.63) is 0 Å². The molecule has 2 rings (SSSR count). The summed E-state index contributed by atoms with van der Waals surface area (Å²) in [5.74, 6) is 1.61. The Kier molecular flexibility index (Phi) is 4.30. The van der Waals surface area contributed by atoms with Gasteiger partial charge in [0.1, 0.15) is 0 Å². The molecule has 3 nitrogen and oxygen atoms in total. The standard InChI is InChI=1S/C14H26N2O/c1-11(13-7-8-13)16(2)14(17)15-10-9-12-5-3-4-6-12/h11-13H,3-10H2,1-2H3,(H,15,17). The maximum absolute atomic E-state index is 11.9. The minimum absolute atomic E-state index is 0.113. The largest absolute Gasteiger partial charge is 0.338 e. The Morgan fingerprint density at radius 2 is 1.94 bits per heavy atom. The maximum atomic E-state index is 11.9. The number of nitrogens with one attached hydrogen (secondary N) is 1. The van der Waals surface area contributed by atoms with Gasteiger partial charge < -0.3 is 10.2 Å². The molecule has 2 fully saturated rings. The second-order valence-corrected chi connectivity index (χ2v) is 5.86. The van der Waals surface area contributed by atoms with Crippen LogP contribution in [-0.4, -0.2) is 30.6 Å². The van der Waals surface area contributed by atoms with Crippen molar-refractivity contribution < 1.29 is 4.79 Å². The Balaban J connectivity index is 1.62. The molecule has 2 saturated carbocycles. The molecule has 98 valence electrons. The fourth-order valence-electron chi connectivity index (χ4n) is 2.89. The van der Waals surface area contributed by atoms with Gasteiger partial charge in [-0.1, -0.05) is 25.7 Å². The number of hydrogen-bond acceptors (Lipinski definition) is 1. The van der Waals surface area contributed by atoms with Crippen LogP contribution in [0, 0.1) is 11.8 Å². The summed E-state index contributed by atoms with van der Waals surface area (Å²) in [7, 11) is 1.92. The summed E-state index contributed by atoms with van der Waals surface area (Å²) < 4.78 is 0. The number of nitrogens with zero attached hydrogens (tertiary/aromatic N) is 1. The zero-order valence-electron chi connectivity index (χ0n) is 11.2. The molecular formula is C14H26N2O. The maximum Gasteiger partial charge on any atom is 0.317 e. The first-order valence-corrected chi connectivity index (χ1v) is 7.19. The third-order valence-electron chi connectivity index (χ3n) is 4.54. The first kappa shape index (κ1) is 12.7. The second-order valence-electron chi connectivity index (χ2n) is 5.86. The van der Waals surface area contributed by atoms with Crippen molar-refractivity contribution in [2.75, 3.05) is 13.6 Å². The van der Waals surface area contributed by atoms with Crippen LogP contribution in [0.4, 0.5) is 4.79 Å². The molecule has 0 bridgehead atoms. The van der Waals surface area contributed by atoms with Gasteiger partial charge in [0.15, 0.2) is 0 Å². The molecule has 17 heavy (non-hydrogen) atoms. The van der Waals surface area contributed by atoms with Crippen LogP contribution in [0.1, 0.15) is 51.9 Å².